The number of hydrogen-bond donors (Lipinski definition) is 2. The molecule has 0 aromatic rings. The van der Waals surface area contributed by atoms with Gasteiger partial charge in [0, 0.05) is 18.0 Å². The average Bonchev–Trinajstić information content (AvgIpc) is 2.18. The van der Waals surface area contributed by atoms with E-state index in [9.17, 15) is 5.11 Å². The van der Waals surface area contributed by atoms with Crippen LogP contribution in [0, 0.1) is 5.41 Å². The lowest BCUT2D eigenvalue weighted by molar-refractivity contribution is -0.0342. The fourth-order valence-electron chi connectivity index (χ4n) is 2.97. The molecule has 0 amide bonds. The molecule has 76 valence electrons. The molecule has 2 aliphatic rings. The van der Waals surface area contributed by atoms with Gasteiger partial charge in [0.15, 0.2) is 0 Å². The lowest BCUT2D eigenvalue weighted by Crippen LogP contribution is -2.60. The zero-order chi connectivity index (χ0) is 9.31. The first-order valence-corrected chi connectivity index (χ1v) is 5.30. The summed E-state index contributed by atoms with van der Waals surface area (Å²) in [4.78, 5) is 2.41. The van der Waals surface area contributed by atoms with Crippen LogP contribution in [0.1, 0.15) is 19.3 Å². The van der Waals surface area contributed by atoms with Crippen molar-refractivity contribution in [2.75, 3.05) is 33.3 Å². The Balaban J connectivity index is 2.16. The van der Waals surface area contributed by atoms with E-state index >= 15 is 0 Å². The lowest BCUT2D eigenvalue weighted by Gasteiger charge is -2.51. The van der Waals surface area contributed by atoms with Gasteiger partial charge in [-0.3, -0.25) is 0 Å². The topological polar surface area (TPSA) is 35.5 Å². The number of hydrogen-bond acceptors (Lipinski definition) is 3. The van der Waals surface area contributed by atoms with Gasteiger partial charge in [-0.2, -0.15) is 0 Å². The third-order valence-corrected chi connectivity index (χ3v) is 3.88. The predicted molar refractivity (Wildman–Crippen MR) is 52.7 cm³/mol. The normalized spacial score (nSPS) is 41.5. The molecule has 2 heterocycles. The van der Waals surface area contributed by atoms with Crippen LogP contribution in [0.5, 0.6) is 0 Å². The van der Waals surface area contributed by atoms with E-state index in [-0.39, 0.29) is 5.41 Å². The third kappa shape index (κ3) is 1.49. The maximum Gasteiger partial charge on any atom is 0.0503 e. The highest BCUT2D eigenvalue weighted by Crippen LogP contribution is 2.39. The molecule has 2 aliphatic heterocycles. The van der Waals surface area contributed by atoms with Crippen molar-refractivity contribution in [3.05, 3.63) is 0 Å². The highest BCUT2D eigenvalue weighted by atomic mass is 16.3. The number of aliphatic hydroxyl groups is 1. The van der Waals surface area contributed by atoms with Crippen molar-refractivity contribution in [1.82, 2.24) is 10.2 Å². The lowest BCUT2D eigenvalue weighted by atomic mass is 9.69. The SMILES string of the molecule is CN1CCC[C@]2(CO)CCNC[C@@H]12. The van der Waals surface area contributed by atoms with Crippen molar-refractivity contribution in [3.63, 3.8) is 0 Å². The van der Waals surface area contributed by atoms with Gasteiger partial charge in [-0.1, -0.05) is 0 Å². The molecule has 0 aromatic heterocycles. The molecule has 2 atom stereocenters. The number of likely N-dealkylation sites (N-methyl/N-ethyl adjacent to an activating group) is 1. The number of piperidine rings is 2. The Morgan fingerprint density at radius 2 is 2.38 bits per heavy atom. The van der Waals surface area contributed by atoms with Gasteiger partial charge < -0.3 is 15.3 Å². The van der Waals surface area contributed by atoms with Crippen LogP contribution >= 0.6 is 0 Å². The molecule has 0 spiro atoms. The standard InChI is InChI=1S/C10H20N2O/c1-12-6-2-3-10(8-13)4-5-11-7-9(10)12/h9,11,13H,2-8H2,1H3/t9-,10-/m1/s1. The predicted octanol–water partition coefficient (Wildman–Crippen LogP) is 0.0526. The number of fused-ring (bicyclic) bond motifs is 1. The molecule has 3 nitrogen and oxygen atoms in total. The first-order valence-electron chi connectivity index (χ1n) is 5.30. The van der Waals surface area contributed by atoms with Gasteiger partial charge >= 0.3 is 0 Å². The minimum absolute atomic E-state index is 0.207. The monoisotopic (exact) mass is 184 g/mol. The fraction of sp³-hybridized carbons (Fsp3) is 1.00. The Hall–Kier alpha value is -0.120. The third-order valence-electron chi connectivity index (χ3n) is 3.88. The maximum atomic E-state index is 9.54. The number of aliphatic hydroxyl groups excluding tert-OH is 1. The zero-order valence-corrected chi connectivity index (χ0v) is 8.42. The van der Waals surface area contributed by atoms with Crippen LogP contribution in [0.15, 0.2) is 0 Å². The smallest absolute Gasteiger partial charge is 0.0503 e. The molecule has 0 aromatic carbocycles. The molecule has 2 N–H and O–H groups in total. The Kier molecular flexibility index (Phi) is 2.58. The second-order valence-corrected chi connectivity index (χ2v) is 4.57. The molecule has 0 unspecified atom stereocenters. The summed E-state index contributed by atoms with van der Waals surface area (Å²) in [5.74, 6) is 0. The fourth-order valence-corrected chi connectivity index (χ4v) is 2.97. The van der Waals surface area contributed by atoms with E-state index in [0.717, 1.165) is 19.5 Å². The van der Waals surface area contributed by atoms with Crippen molar-refractivity contribution < 1.29 is 5.11 Å². The first kappa shape index (κ1) is 9.44. The van der Waals surface area contributed by atoms with Crippen molar-refractivity contribution in [1.29, 1.82) is 0 Å². The average molecular weight is 184 g/mol. The summed E-state index contributed by atoms with van der Waals surface area (Å²) in [5.41, 5.74) is 0.207. The number of likely N-dealkylation sites (tertiary alicyclic amines) is 1. The number of rotatable bonds is 1. The van der Waals surface area contributed by atoms with Gasteiger partial charge in [0.2, 0.25) is 0 Å². The molecule has 13 heavy (non-hydrogen) atoms. The molecule has 0 saturated carbocycles. The van der Waals surface area contributed by atoms with Crippen LogP contribution in [-0.2, 0) is 0 Å². The molecular weight excluding hydrogens is 164 g/mol. The van der Waals surface area contributed by atoms with E-state index in [1.807, 2.05) is 0 Å². The van der Waals surface area contributed by atoms with Crippen molar-refractivity contribution in [2.45, 2.75) is 25.3 Å². The summed E-state index contributed by atoms with van der Waals surface area (Å²) in [6, 6.07) is 0.556. The molecule has 3 heteroatoms. The number of nitrogens with zero attached hydrogens (tertiary/aromatic N) is 1. The second kappa shape index (κ2) is 3.56. The van der Waals surface area contributed by atoms with Crippen LogP contribution in [0.2, 0.25) is 0 Å². The van der Waals surface area contributed by atoms with Gasteiger partial charge in [-0.15, -0.1) is 0 Å². The van der Waals surface area contributed by atoms with E-state index in [0.29, 0.717) is 12.6 Å². The molecule has 0 aliphatic carbocycles. The molecule has 2 fully saturated rings. The summed E-state index contributed by atoms with van der Waals surface area (Å²) in [6.45, 7) is 3.68. The van der Waals surface area contributed by atoms with Crippen LogP contribution in [0.3, 0.4) is 0 Å². The van der Waals surface area contributed by atoms with E-state index in [1.165, 1.54) is 19.4 Å². The van der Waals surface area contributed by atoms with Crippen LogP contribution in [0.4, 0.5) is 0 Å². The second-order valence-electron chi connectivity index (χ2n) is 4.57. The quantitative estimate of drug-likeness (QED) is 0.604. The maximum absolute atomic E-state index is 9.54. The van der Waals surface area contributed by atoms with Crippen molar-refractivity contribution in [2.24, 2.45) is 5.41 Å². The van der Waals surface area contributed by atoms with Crippen molar-refractivity contribution >= 4 is 0 Å². The first-order chi connectivity index (χ1) is 6.28. The molecule has 0 radical (unpaired) electrons. The minimum atomic E-state index is 0.207. The van der Waals surface area contributed by atoms with E-state index in [1.54, 1.807) is 0 Å². The van der Waals surface area contributed by atoms with Gasteiger partial charge in [0.1, 0.15) is 0 Å². The minimum Gasteiger partial charge on any atom is -0.396 e. The van der Waals surface area contributed by atoms with Gasteiger partial charge in [0.05, 0.1) is 6.61 Å². The zero-order valence-electron chi connectivity index (χ0n) is 8.42. The molecular formula is C10H20N2O. The Morgan fingerprint density at radius 1 is 1.54 bits per heavy atom. The van der Waals surface area contributed by atoms with Gasteiger partial charge in [-0.25, -0.2) is 0 Å². The summed E-state index contributed by atoms with van der Waals surface area (Å²) < 4.78 is 0. The molecule has 2 saturated heterocycles. The van der Waals surface area contributed by atoms with Crippen LogP contribution < -0.4 is 5.32 Å². The van der Waals surface area contributed by atoms with Gasteiger partial charge in [0.25, 0.3) is 0 Å². The highest BCUT2D eigenvalue weighted by molar-refractivity contribution is 4.99. The van der Waals surface area contributed by atoms with Crippen LogP contribution in [-0.4, -0.2) is 49.3 Å². The Bertz CT molecular complexity index is 182. The van der Waals surface area contributed by atoms with Crippen LogP contribution in [0.25, 0.3) is 0 Å². The van der Waals surface area contributed by atoms with E-state index in [4.69, 9.17) is 0 Å². The molecule has 2 rings (SSSR count). The summed E-state index contributed by atoms with van der Waals surface area (Å²) in [7, 11) is 2.18. The van der Waals surface area contributed by atoms with Gasteiger partial charge in [-0.05, 0) is 39.4 Å². The summed E-state index contributed by atoms with van der Waals surface area (Å²) >= 11 is 0. The summed E-state index contributed by atoms with van der Waals surface area (Å²) in [5, 5.41) is 13.0. The molecule has 0 bridgehead atoms. The summed E-state index contributed by atoms with van der Waals surface area (Å²) in [6.07, 6.45) is 3.59. The Morgan fingerprint density at radius 3 is 3.08 bits per heavy atom. The largest absolute Gasteiger partial charge is 0.396 e. The Labute approximate surface area is 80.1 Å². The van der Waals surface area contributed by atoms with E-state index < -0.39 is 0 Å². The highest BCUT2D eigenvalue weighted by Gasteiger charge is 2.44. The number of nitrogens with one attached hydrogen (secondary N) is 1. The van der Waals surface area contributed by atoms with Crippen molar-refractivity contribution in [3.8, 4) is 0 Å². The van der Waals surface area contributed by atoms with E-state index in [2.05, 4.69) is 17.3 Å².